The van der Waals surface area contributed by atoms with E-state index in [4.69, 9.17) is 9.97 Å². The fraction of sp³-hybridized carbons (Fsp3) is 0.500. The molecule has 1 saturated carbocycles. The van der Waals surface area contributed by atoms with E-state index in [2.05, 4.69) is 50.3 Å². The van der Waals surface area contributed by atoms with Crippen molar-refractivity contribution in [2.75, 3.05) is 0 Å². The van der Waals surface area contributed by atoms with E-state index in [9.17, 15) is 0 Å². The number of fused-ring (bicyclic) bond motifs is 5. The van der Waals surface area contributed by atoms with Crippen LogP contribution in [0, 0.1) is 11.3 Å². The van der Waals surface area contributed by atoms with Crippen LogP contribution in [0.1, 0.15) is 56.8 Å². The topological polar surface area (TPSA) is 25.8 Å². The summed E-state index contributed by atoms with van der Waals surface area (Å²) in [6.45, 7) is 4.61. The van der Waals surface area contributed by atoms with Gasteiger partial charge in [-0.15, -0.1) is 0 Å². The summed E-state index contributed by atoms with van der Waals surface area (Å²) in [4.78, 5) is 10.2. The second-order valence-corrected chi connectivity index (χ2v) is 7.39. The highest BCUT2D eigenvalue weighted by Gasteiger charge is 2.78. The molecule has 1 aromatic carbocycles. The van der Waals surface area contributed by atoms with E-state index in [1.165, 1.54) is 37.1 Å². The molecule has 3 aliphatic carbocycles. The van der Waals surface area contributed by atoms with Crippen molar-refractivity contribution in [1.82, 2.24) is 9.97 Å². The Kier molecular flexibility index (Phi) is 2.32. The van der Waals surface area contributed by atoms with Gasteiger partial charge in [0.25, 0.3) is 0 Å². The maximum absolute atomic E-state index is 5.08. The van der Waals surface area contributed by atoms with Gasteiger partial charge in [0, 0.05) is 16.7 Å². The van der Waals surface area contributed by atoms with Gasteiger partial charge in [-0.25, -0.2) is 9.97 Å². The van der Waals surface area contributed by atoms with Gasteiger partial charge in [0.2, 0.25) is 0 Å². The lowest BCUT2D eigenvalue weighted by Gasteiger charge is -2.27. The second kappa shape index (κ2) is 3.98. The van der Waals surface area contributed by atoms with Crippen molar-refractivity contribution in [1.29, 1.82) is 0 Å². The van der Waals surface area contributed by atoms with E-state index < -0.39 is 0 Å². The lowest BCUT2D eigenvalue weighted by atomic mass is 9.77. The van der Waals surface area contributed by atoms with Crippen LogP contribution >= 0.6 is 0 Å². The Bertz CT molecular complexity index is 808. The smallest absolute Gasteiger partial charge is 0.0890 e. The van der Waals surface area contributed by atoms with Crippen LogP contribution in [0.5, 0.6) is 0 Å². The number of para-hydroxylation sites is 2. The molecule has 0 spiro atoms. The summed E-state index contributed by atoms with van der Waals surface area (Å²) in [6.07, 6.45) is 10.0. The first kappa shape index (κ1) is 12.8. The number of aromatic nitrogens is 2. The van der Waals surface area contributed by atoms with Crippen molar-refractivity contribution in [3.63, 3.8) is 0 Å². The third-order valence-corrected chi connectivity index (χ3v) is 6.31. The number of nitrogens with zero attached hydrogens (tertiary/aromatic N) is 2. The average Bonchev–Trinajstić information content (AvgIpc) is 2.99. The Hall–Kier alpha value is -1.70. The van der Waals surface area contributed by atoms with Crippen LogP contribution in [0.3, 0.4) is 0 Å². The highest BCUT2D eigenvalue weighted by Crippen LogP contribution is 2.82. The predicted molar refractivity (Wildman–Crippen MR) is 88.8 cm³/mol. The molecule has 2 nitrogen and oxygen atoms in total. The second-order valence-electron chi connectivity index (χ2n) is 7.39. The molecule has 0 amide bonds. The summed E-state index contributed by atoms with van der Waals surface area (Å²) in [5, 5.41) is 0. The molecule has 112 valence electrons. The minimum Gasteiger partial charge on any atom is -0.249 e. The fourth-order valence-electron chi connectivity index (χ4n) is 5.66. The standard InChI is InChI=1S/C20H22N2/c1-3-9-19-11-12-20(10-4-2)17(19)15(19)16-18(20)22-14-8-6-5-7-13(14)21-16/h5-8,11-12,15,17H,3-4,9-10H2,1-2H3. The first-order chi connectivity index (χ1) is 10.8. The molecule has 2 heteroatoms. The molecular formula is C20H22N2. The van der Waals surface area contributed by atoms with Crippen molar-refractivity contribution < 1.29 is 0 Å². The average molecular weight is 290 g/mol. The molecule has 4 atom stereocenters. The van der Waals surface area contributed by atoms with Crippen LogP contribution in [0.2, 0.25) is 0 Å². The number of rotatable bonds is 4. The number of hydrogen-bond donors (Lipinski definition) is 0. The molecule has 0 saturated heterocycles. The van der Waals surface area contributed by atoms with Crippen LogP contribution in [0.4, 0.5) is 0 Å². The van der Waals surface area contributed by atoms with E-state index in [1.54, 1.807) is 0 Å². The molecule has 0 bridgehead atoms. The zero-order chi connectivity index (χ0) is 14.9. The Morgan fingerprint density at radius 3 is 2.41 bits per heavy atom. The van der Waals surface area contributed by atoms with Gasteiger partial charge in [0.15, 0.2) is 0 Å². The quantitative estimate of drug-likeness (QED) is 0.759. The molecule has 3 aliphatic rings. The van der Waals surface area contributed by atoms with E-state index >= 15 is 0 Å². The molecule has 0 aliphatic heterocycles. The van der Waals surface area contributed by atoms with Crippen molar-refractivity contribution in [3.8, 4) is 0 Å². The Morgan fingerprint density at radius 2 is 1.68 bits per heavy atom. The predicted octanol–water partition coefficient (Wildman–Crippen LogP) is 4.75. The highest BCUT2D eigenvalue weighted by atomic mass is 15.0. The van der Waals surface area contributed by atoms with Crippen LogP contribution < -0.4 is 0 Å². The van der Waals surface area contributed by atoms with E-state index in [0.29, 0.717) is 11.3 Å². The molecule has 1 aromatic heterocycles. The zero-order valence-corrected chi connectivity index (χ0v) is 13.3. The Morgan fingerprint density at radius 1 is 0.955 bits per heavy atom. The summed E-state index contributed by atoms with van der Waals surface area (Å²) in [6, 6.07) is 8.34. The van der Waals surface area contributed by atoms with E-state index in [1.807, 2.05) is 0 Å². The minimum atomic E-state index is 0.181. The first-order valence-corrected chi connectivity index (χ1v) is 8.74. The van der Waals surface area contributed by atoms with Crippen molar-refractivity contribution in [2.45, 2.75) is 50.9 Å². The molecule has 1 fully saturated rings. The van der Waals surface area contributed by atoms with Gasteiger partial charge in [-0.1, -0.05) is 51.0 Å². The largest absolute Gasteiger partial charge is 0.249 e. The lowest BCUT2D eigenvalue weighted by molar-refractivity contribution is 0.385. The summed E-state index contributed by atoms with van der Waals surface area (Å²) < 4.78 is 0. The number of allylic oxidation sites excluding steroid dienone is 2. The molecule has 5 rings (SSSR count). The number of hydrogen-bond acceptors (Lipinski definition) is 2. The molecule has 0 radical (unpaired) electrons. The van der Waals surface area contributed by atoms with Gasteiger partial charge in [-0.3, -0.25) is 0 Å². The Labute approximate surface area is 131 Å². The number of benzene rings is 1. The van der Waals surface area contributed by atoms with Crippen molar-refractivity contribution >= 4 is 11.0 Å². The monoisotopic (exact) mass is 290 g/mol. The third-order valence-electron chi connectivity index (χ3n) is 6.31. The maximum Gasteiger partial charge on any atom is 0.0890 e. The summed E-state index contributed by atoms with van der Waals surface area (Å²) in [7, 11) is 0. The first-order valence-electron chi connectivity index (χ1n) is 8.74. The third kappa shape index (κ3) is 1.25. The maximum atomic E-state index is 5.08. The van der Waals surface area contributed by atoms with Gasteiger partial charge in [0.1, 0.15) is 0 Å². The zero-order valence-electron chi connectivity index (χ0n) is 13.3. The Balaban J connectivity index is 1.75. The van der Waals surface area contributed by atoms with E-state index in [0.717, 1.165) is 17.0 Å². The minimum absolute atomic E-state index is 0.181. The lowest BCUT2D eigenvalue weighted by Crippen LogP contribution is -2.26. The molecular weight excluding hydrogens is 268 g/mol. The van der Waals surface area contributed by atoms with Gasteiger partial charge >= 0.3 is 0 Å². The highest BCUT2D eigenvalue weighted by molar-refractivity contribution is 5.76. The molecule has 2 aromatic rings. The fourth-order valence-corrected chi connectivity index (χ4v) is 5.66. The van der Waals surface area contributed by atoms with Gasteiger partial charge in [-0.05, 0) is 30.9 Å². The van der Waals surface area contributed by atoms with Crippen molar-refractivity contribution in [2.24, 2.45) is 11.3 Å². The van der Waals surface area contributed by atoms with E-state index in [-0.39, 0.29) is 5.41 Å². The summed E-state index contributed by atoms with van der Waals surface area (Å²) in [5.74, 6) is 1.38. The van der Waals surface area contributed by atoms with Crippen LogP contribution in [-0.2, 0) is 5.41 Å². The van der Waals surface area contributed by atoms with Gasteiger partial charge in [0.05, 0.1) is 22.4 Å². The summed E-state index contributed by atoms with van der Waals surface area (Å²) in [5.41, 5.74) is 5.32. The van der Waals surface area contributed by atoms with Gasteiger partial charge < -0.3 is 0 Å². The summed E-state index contributed by atoms with van der Waals surface area (Å²) >= 11 is 0. The molecule has 1 heterocycles. The van der Waals surface area contributed by atoms with Crippen molar-refractivity contribution in [3.05, 3.63) is 47.8 Å². The van der Waals surface area contributed by atoms with Crippen LogP contribution in [0.25, 0.3) is 11.0 Å². The molecule has 0 N–H and O–H groups in total. The van der Waals surface area contributed by atoms with Crippen LogP contribution in [-0.4, -0.2) is 9.97 Å². The molecule has 22 heavy (non-hydrogen) atoms. The molecule has 4 unspecified atom stereocenters. The SMILES string of the molecule is CCCC12C=CC3(CCC)C(c4nc5ccccc5nc41)C23. The van der Waals surface area contributed by atoms with Crippen LogP contribution in [0.15, 0.2) is 36.4 Å². The van der Waals surface area contributed by atoms with Gasteiger partial charge in [-0.2, -0.15) is 0 Å². The normalized spacial score (nSPS) is 36.6.